The second kappa shape index (κ2) is 12.5. The summed E-state index contributed by atoms with van der Waals surface area (Å²) in [5, 5.41) is 0. The van der Waals surface area contributed by atoms with Gasteiger partial charge in [-0.2, -0.15) is 0 Å². The van der Waals surface area contributed by atoms with Gasteiger partial charge in [0.05, 0.1) is 44.7 Å². The number of allylic oxidation sites excluding steroid dienone is 2. The number of hydrogen-bond donors (Lipinski definition) is 0. The van der Waals surface area contributed by atoms with E-state index in [9.17, 15) is 4.79 Å². The molecule has 0 bridgehead atoms. The Bertz CT molecular complexity index is 1990. The van der Waals surface area contributed by atoms with Gasteiger partial charge >= 0.3 is 0 Å². The number of halogens is 1. The van der Waals surface area contributed by atoms with Crippen LogP contribution in [-0.2, 0) is 0 Å². The third-order valence-electron chi connectivity index (χ3n) is 8.17. The van der Waals surface area contributed by atoms with Crippen molar-refractivity contribution in [1.82, 2.24) is 4.57 Å². The zero-order chi connectivity index (χ0) is 31.0. The SMILES string of the molecule is COc1ccc(/C=C2/CCC(C)C3=C2N=c2s/c(=C\c4cccc(Br)c4)c(=O)n2C3c2ccc(OC)c(OC)c2)cc1OC. The van der Waals surface area contributed by atoms with Gasteiger partial charge in [-0.05, 0) is 95.1 Å². The maximum absolute atomic E-state index is 14.2. The standard InChI is InChI=1S/C35H33BrN2O5S/c1-20-9-11-23(15-22-10-13-26(40-2)28(17-22)42-4)32-31(20)33(24-12-14-27(41-3)29(19-24)43-5)38-34(39)30(44-35(38)37-32)18-21-7-6-8-25(36)16-21/h6-8,10,12-20,33H,9,11H2,1-5H3/b23-15-,30-18-. The van der Waals surface area contributed by atoms with E-state index in [1.165, 1.54) is 11.3 Å². The number of aromatic nitrogens is 1. The maximum Gasteiger partial charge on any atom is 0.271 e. The monoisotopic (exact) mass is 672 g/mol. The van der Waals surface area contributed by atoms with Crippen molar-refractivity contribution in [2.24, 2.45) is 10.9 Å². The molecule has 0 N–H and O–H groups in total. The smallest absolute Gasteiger partial charge is 0.271 e. The van der Waals surface area contributed by atoms with E-state index in [-0.39, 0.29) is 17.5 Å². The fourth-order valence-electron chi connectivity index (χ4n) is 6.01. The number of ether oxygens (including phenoxy) is 4. The maximum atomic E-state index is 14.2. The van der Waals surface area contributed by atoms with Gasteiger partial charge in [0.2, 0.25) is 0 Å². The number of fused-ring (bicyclic) bond motifs is 1. The summed E-state index contributed by atoms with van der Waals surface area (Å²) in [4.78, 5) is 20.1. The average Bonchev–Trinajstić information content (AvgIpc) is 3.35. The van der Waals surface area contributed by atoms with Gasteiger partial charge in [-0.1, -0.05) is 58.5 Å². The van der Waals surface area contributed by atoms with Crippen LogP contribution in [0.4, 0.5) is 0 Å². The Morgan fingerprint density at radius 3 is 2.25 bits per heavy atom. The molecular formula is C35H33BrN2O5S. The van der Waals surface area contributed by atoms with Gasteiger partial charge in [-0.15, -0.1) is 0 Å². The molecule has 1 aliphatic carbocycles. The van der Waals surface area contributed by atoms with Crippen LogP contribution in [0.5, 0.6) is 23.0 Å². The van der Waals surface area contributed by atoms with Crippen molar-refractivity contribution in [1.29, 1.82) is 0 Å². The quantitative estimate of drug-likeness (QED) is 0.223. The van der Waals surface area contributed by atoms with E-state index in [0.29, 0.717) is 32.3 Å². The lowest BCUT2D eigenvalue weighted by Gasteiger charge is -2.35. The van der Waals surface area contributed by atoms with Crippen LogP contribution in [0, 0.1) is 5.92 Å². The van der Waals surface area contributed by atoms with Crippen LogP contribution in [-0.4, -0.2) is 33.0 Å². The Labute approximate surface area is 268 Å². The molecule has 0 spiro atoms. The summed E-state index contributed by atoms with van der Waals surface area (Å²) in [6.07, 6.45) is 5.91. The predicted molar refractivity (Wildman–Crippen MR) is 178 cm³/mol. The highest BCUT2D eigenvalue weighted by Gasteiger charge is 2.36. The first-order chi connectivity index (χ1) is 21.3. The fraction of sp³-hybridized carbons (Fsp3) is 0.257. The molecule has 3 aromatic carbocycles. The first-order valence-electron chi connectivity index (χ1n) is 14.3. The Balaban J connectivity index is 1.60. The summed E-state index contributed by atoms with van der Waals surface area (Å²) in [5.74, 6) is 2.80. The van der Waals surface area contributed by atoms with Crippen molar-refractivity contribution in [2.75, 3.05) is 28.4 Å². The molecule has 2 unspecified atom stereocenters. The number of rotatable bonds is 7. The molecule has 0 amide bonds. The van der Waals surface area contributed by atoms with Gasteiger partial charge in [0.1, 0.15) is 0 Å². The van der Waals surface area contributed by atoms with Gasteiger partial charge in [-0.25, -0.2) is 4.99 Å². The van der Waals surface area contributed by atoms with Crippen LogP contribution in [0.2, 0.25) is 0 Å². The molecular weight excluding hydrogens is 640 g/mol. The van der Waals surface area contributed by atoms with Gasteiger partial charge in [0.15, 0.2) is 27.8 Å². The molecule has 0 saturated heterocycles. The Morgan fingerprint density at radius 1 is 0.864 bits per heavy atom. The lowest BCUT2D eigenvalue weighted by Crippen LogP contribution is -2.40. The van der Waals surface area contributed by atoms with E-state index in [2.05, 4.69) is 28.9 Å². The first-order valence-corrected chi connectivity index (χ1v) is 15.9. The molecule has 9 heteroatoms. The van der Waals surface area contributed by atoms with Crippen molar-refractivity contribution in [3.63, 3.8) is 0 Å². The molecule has 6 rings (SSSR count). The summed E-state index contributed by atoms with van der Waals surface area (Å²) in [6.45, 7) is 2.22. The van der Waals surface area contributed by atoms with Crippen LogP contribution in [0.25, 0.3) is 12.2 Å². The Kier molecular flexibility index (Phi) is 8.51. The third-order valence-corrected chi connectivity index (χ3v) is 9.65. The molecule has 1 aliphatic heterocycles. The Hall–Kier alpha value is -4.08. The van der Waals surface area contributed by atoms with E-state index in [0.717, 1.165) is 50.8 Å². The van der Waals surface area contributed by atoms with E-state index >= 15 is 0 Å². The van der Waals surface area contributed by atoms with Gasteiger partial charge in [0, 0.05) is 4.47 Å². The van der Waals surface area contributed by atoms with Crippen molar-refractivity contribution in [3.8, 4) is 23.0 Å². The Morgan fingerprint density at radius 2 is 1.55 bits per heavy atom. The van der Waals surface area contributed by atoms with E-state index in [1.807, 2.05) is 71.3 Å². The molecule has 0 radical (unpaired) electrons. The van der Waals surface area contributed by atoms with Crippen molar-refractivity contribution >= 4 is 39.4 Å². The fourth-order valence-corrected chi connectivity index (χ4v) is 7.43. The van der Waals surface area contributed by atoms with Crippen molar-refractivity contribution in [3.05, 3.63) is 118 Å². The van der Waals surface area contributed by atoms with E-state index in [1.54, 1.807) is 28.4 Å². The summed E-state index contributed by atoms with van der Waals surface area (Å²) in [7, 11) is 6.52. The van der Waals surface area contributed by atoms with Crippen LogP contribution < -0.4 is 33.8 Å². The largest absolute Gasteiger partial charge is 0.493 e. The summed E-state index contributed by atoms with van der Waals surface area (Å²) in [5.41, 5.74) is 6.00. The minimum atomic E-state index is -0.352. The minimum absolute atomic E-state index is 0.0664. The van der Waals surface area contributed by atoms with Gasteiger partial charge < -0.3 is 18.9 Å². The molecule has 7 nitrogen and oxygen atoms in total. The lowest BCUT2D eigenvalue weighted by molar-refractivity contribution is 0.353. The van der Waals surface area contributed by atoms with E-state index < -0.39 is 0 Å². The van der Waals surface area contributed by atoms with Crippen molar-refractivity contribution < 1.29 is 18.9 Å². The number of benzene rings is 3. The lowest BCUT2D eigenvalue weighted by atomic mass is 9.77. The number of hydrogen-bond acceptors (Lipinski definition) is 7. The van der Waals surface area contributed by atoms with Crippen LogP contribution in [0.1, 0.15) is 42.5 Å². The third kappa shape index (κ3) is 5.50. The zero-order valence-electron chi connectivity index (χ0n) is 25.2. The highest BCUT2D eigenvalue weighted by molar-refractivity contribution is 9.10. The summed E-state index contributed by atoms with van der Waals surface area (Å²) >= 11 is 4.96. The molecule has 2 aliphatic rings. The van der Waals surface area contributed by atoms with Crippen LogP contribution >= 0.6 is 27.3 Å². The molecule has 0 saturated carbocycles. The molecule has 2 heterocycles. The topological polar surface area (TPSA) is 71.3 Å². The summed E-state index contributed by atoms with van der Waals surface area (Å²) in [6, 6.07) is 19.4. The average molecular weight is 674 g/mol. The highest BCUT2D eigenvalue weighted by atomic mass is 79.9. The molecule has 2 atom stereocenters. The number of thiazole rings is 1. The first kappa shape index (κ1) is 30.0. The van der Waals surface area contributed by atoms with Gasteiger partial charge in [0.25, 0.3) is 5.56 Å². The molecule has 44 heavy (non-hydrogen) atoms. The molecule has 226 valence electrons. The van der Waals surface area contributed by atoms with Gasteiger partial charge in [-0.3, -0.25) is 9.36 Å². The molecule has 1 aromatic heterocycles. The number of nitrogens with zero attached hydrogens (tertiary/aromatic N) is 2. The van der Waals surface area contributed by atoms with Crippen LogP contribution in [0.3, 0.4) is 0 Å². The van der Waals surface area contributed by atoms with Crippen molar-refractivity contribution in [2.45, 2.75) is 25.8 Å². The molecule has 0 fully saturated rings. The zero-order valence-corrected chi connectivity index (χ0v) is 27.6. The summed E-state index contributed by atoms with van der Waals surface area (Å²) < 4.78 is 25.7. The van der Waals surface area contributed by atoms with E-state index in [4.69, 9.17) is 23.9 Å². The highest BCUT2D eigenvalue weighted by Crippen LogP contribution is 2.45. The van der Waals surface area contributed by atoms with Crippen LogP contribution in [0.15, 0.2) is 91.8 Å². The number of methoxy groups -OCH3 is 4. The second-order valence-corrected chi connectivity index (χ2v) is 12.7. The minimum Gasteiger partial charge on any atom is -0.493 e. The second-order valence-electron chi connectivity index (χ2n) is 10.8. The molecule has 4 aromatic rings. The predicted octanol–water partition coefficient (Wildman–Crippen LogP) is 6.53. The normalized spacial score (nSPS) is 18.9.